The minimum Gasteiger partial charge on any atom is -0.351 e. The Kier molecular flexibility index (Phi) is 6.22. The standard InChI is InChI=1S/C28H28FN3O/c29-24-7-9-25(10-8-24)30-28(33)27-19-23-18-22(6-11-26(23)31-27)21-13-16-32(17-14-21)15-12-20-4-2-1-3-5-20/h1-11,18-19,21,31H,12-17H2,(H,30,33). The smallest absolute Gasteiger partial charge is 0.272 e. The molecule has 1 aromatic heterocycles. The number of carbonyl (C=O) groups is 1. The zero-order chi connectivity index (χ0) is 22.6. The summed E-state index contributed by atoms with van der Waals surface area (Å²) in [5.41, 5.74) is 4.76. The Morgan fingerprint density at radius 2 is 1.73 bits per heavy atom. The van der Waals surface area contributed by atoms with Gasteiger partial charge >= 0.3 is 0 Å². The van der Waals surface area contributed by atoms with Crippen molar-refractivity contribution in [1.29, 1.82) is 0 Å². The van der Waals surface area contributed by atoms with Crippen molar-refractivity contribution >= 4 is 22.5 Å². The minimum absolute atomic E-state index is 0.230. The third-order valence-corrected chi connectivity index (χ3v) is 6.61. The second-order valence-corrected chi connectivity index (χ2v) is 8.84. The van der Waals surface area contributed by atoms with Crippen LogP contribution < -0.4 is 5.32 Å². The number of H-pyrrole nitrogens is 1. The second kappa shape index (κ2) is 9.59. The van der Waals surface area contributed by atoms with E-state index in [1.807, 2.05) is 6.07 Å². The van der Waals surface area contributed by atoms with Crippen molar-refractivity contribution in [3.05, 3.63) is 102 Å². The van der Waals surface area contributed by atoms with Gasteiger partial charge < -0.3 is 15.2 Å². The molecule has 168 valence electrons. The number of nitrogens with one attached hydrogen (secondary N) is 2. The largest absolute Gasteiger partial charge is 0.351 e. The molecule has 2 N–H and O–H groups in total. The highest BCUT2D eigenvalue weighted by Crippen LogP contribution is 2.30. The maximum absolute atomic E-state index is 13.1. The van der Waals surface area contributed by atoms with Crippen LogP contribution in [0.5, 0.6) is 0 Å². The van der Waals surface area contributed by atoms with Gasteiger partial charge in [-0.25, -0.2) is 4.39 Å². The molecular weight excluding hydrogens is 413 g/mol. The van der Waals surface area contributed by atoms with Crippen LogP contribution in [0.15, 0.2) is 78.9 Å². The summed E-state index contributed by atoms with van der Waals surface area (Å²) in [5, 5.41) is 3.86. The first-order chi connectivity index (χ1) is 16.1. The Balaban J connectivity index is 1.20. The van der Waals surface area contributed by atoms with Crippen molar-refractivity contribution in [3.8, 4) is 0 Å². The molecule has 2 heterocycles. The highest BCUT2D eigenvalue weighted by Gasteiger charge is 2.21. The molecule has 1 aliphatic rings. The van der Waals surface area contributed by atoms with Gasteiger partial charge in [0, 0.05) is 23.1 Å². The number of nitrogens with zero attached hydrogens (tertiary/aromatic N) is 1. The van der Waals surface area contributed by atoms with Crippen LogP contribution >= 0.6 is 0 Å². The van der Waals surface area contributed by atoms with Crippen molar-refractivity contribution in [3.63, 3.8) is 0 Å². The van der Waals surface area contributed by atoms with E-state index in [0.29, 0.717) is 17.3 Å². The SMILES string of the molecule is O=C(Nc1ccc(F)cc1)c1cc2cc(C3CCN(CCc4ccccc4)CC3)ccc2[nH]1. The fraction of sp³-hybridized carbons (Fsp3) is 0.250. The van der Waals surface area contributed by atoms with Crippen molar-refractivity contribution in [2.24, 2.45) is 0 Å². The van der Waals surface area contributed by atoms with E-state index in [-0.39, 0.29) is 11.7 Å². The normalized spacial score (nSPS) is 15.1. The monoisotopic (exact) mass is 441 g/mol. The lowest BCUT2D eigenvalue weighted by atomic mass is 9.89. The molecule has 0 atom stereocenters. The lowest BCUT2D eigenvalue weighted by molar-refractivity contribution is 0.102. The number of likely N-dealkylation sites (tertiary alicyclic amines) is 1. The summed E-state index contributed by atoms with van der Waals surface area (Å²) in [6.45, 7) is 3.35. The van der Waals surface area contributed by atoms with Gasteiger partial charge in [0.05, 0.1) is 0 Å². The van der Waals surface area contributed by atoms with Crippen LogP contribution in [-0.2, 0) is 6.42 Å². The molecule has 1 aliphatic heterocycles. The minimum atomic E-state index is -0.326. The van der Waals surface area contributed by atoms with Gasteiger partial charge in [0.2, 0.25) is 0 Å². The third-order valence-electron chi connectivity index (χ3n) is 6.61. The topological polar surface area (TPSA) is 48.1 Å². The van der Waals surface area contributed by atoms with Gasteiger partial charge in [-0.15, -0.1) is 0 Å². The summed E-state index contributed by atoms with van der Waals surface area (Å²) in [6, 6.07) is 24.8. The fourth-order valence-electron chi connectivity index (χ4n) is 4.68. The second-order valence-electron chi connectivity index (χ2n) is 8.84. The molecule has 0 aliphatic carbocycles. The van der Waals surface area contributed by atoms with Crippen LogP contribution in [0.1, 0.15) is 40.4 Å². The summed E-state index contributed by atoms with van der Waals surface area (Å²) < 4.78 is 13.1. The Bertz CT molecular complexity index is 1230. The predicted octanol–water partition coefficient (Wildman–Crippen LogP) is 5.98. The lowest BCUT2D eigenvalue weighted by Gasteiger charge is -2.32. The third kappa shape index (κ3) is 5.15. The Hall–Kier alpha value is -3.44. The van der Waals surface area contributed by atoms with Crippen molar-refractivity contribution in [1.82, 2.24) is 9.88 Å². The quantitative estimate of drug-likeness (QED) is 0.387. The first-order valence-electron chi connectivity index (χ1n) is 11.6. The van der Waals surface area contributed by atoms with E-state index in [0.717, 1.165) is 49.8 Å². The van der Waals surface area contributed by atoms with E-state index < -0.39 is 0 Å². The van der Waals surface area contributed by atoms with Gasteiger partial charge in [0.1, 0.15) is 11.5 Å². The molecule has 0 spiro atoms. The van der Waals surface area contributed by atoms with Crippen LogP contribution in [0.4, 0.5) is 10.1 Å². The molecule has 4 aromatic rings. The number of carbonyl (C=O) groups excluding carboxylic acids is 1. The molecule has 3 aromatic carbocycles. The van der Waals surface area contributed by atoms with E-state index in [1.165, 1.54) is 23.3 Å². The fourth-order valence-corrected chi connectivity index (χ4v) is 4.68. The Labute approximate surface area is 193 Å². The first-order valence-corrected chi connectivity index (χ1v) is 11.6. The van der Waals surface area contributed by atoms with Gasteiger partial charge in [0.25, 0.3) is 5.91 Å². The average molecular weight is 442 g/mol. The van der Waals surface area contributed by atoms with Crippen LogP contribution in [0, 0.1) is 5.82 Å². The van der Waals surface area contributed by atoms with E-state index in [9.17, 15) is 9.18 Å². The number of amides is 1. The number of hydrogen-bond donors (Lipinski definition) is 2. The number of aromatic amines is 1. The zero-order valence-electron chi connectivity index (χ0n) is 18.6. The molecule has 1 fully saturated rings. The molecule has 33 heavy (non-hydrogen) atoms. The highest BCUT2D eigenvalue weighted by atomic mass is 19.1. The predicted molar refractivity (Wildman–Crippen MR) is 131 cm³/mol. The number of halogens is 1. The Morgan fingerprint density at radius 1 is 0.970 bits per heavy atom. The van der Waals surface area contributed by atoms with Crippen molar-refractivity contribution < 1.29 is 9.18 Å². The van der Waals surface area contributed by atoms with Crippen molar-refractivity contribution in [2.75, 3.05) is 25.0 Å². The van der Waals surface area contributed by atoms with Crippen LogP contribution in [-0.4, -0.2) is 35.4 Å². The van der Waals surface area contributed by atoms with E-state index in [2.05, 4.69) is 63.7 Å². The van der Waals surface area contributed by atoms with E-state index in [1.54, 1.807) is 12.1 Å². The number of fused-ring (bicyclic) bond motifs is 1. The van der Waals surface area contributed by atoms with Crippen LogP contribution in [0.2, 0.25) is 0 Å². The molecular formula is C28H28FN3O. The number of benzene rings is 3. The maximum atomic E-state index is 13.1. The number of rotatable bonds is 6. The lowest BCUT2D eigenvalue weighted by Crippen LogP contribution is -2.34. The van der Waals surface area contributed by atoms with Gasteiger partial charge in [-0.3, -0.25) is 4.79 Å². The number of hydrogen-bond acceptors (Lipinski definition) is 2. The molecule has 5 rings (SSSR count). The molecule has 0 radical (unpaired) electrons. The van der Waals surface area contributed by atoms with Crippen molar-refractivity contribution in [2.45, 2.75) is 25.2 Å². The molecule has 0 bridgehead atoms. The summed E-state index contributed by atoms with van der Waals surface area (Å²) in [7, 11) is 0. The number of aromatic nitrogens is 1. The number of piperidine rings is 1. The summed E-state index contributed by atoms with van der Waals surface area (Å²) in [5.74, 6) is -0.00646. The molecule has 4 nitrogen and oxygen atoms in total. The molecule has 5 heteroatoms. The Morgan fingerprint density at radius 3 is 2.48 bits per heavy atom. The molecule has 0 unspecified atom stereocenters. The maximum Gasteiger partial charge on any atom is 0.272 e. The molecule has 1 amide bonds. The van der Waals surface area contributed by atoms with Gasteiger partial charge in [-0.2, -0.15) is 0 Å². The zero-order valence-corrected chi connectivity index (χ0v) is 18.6. The number of anilines is 1. The van der Waals surface area contributed by atoms with E-state index in [4.69, 9.17) is 0 Å². The van der Waals surface area contributed by atoms with Gasteiger partial charge in [0.15, 0.2) is 0 Å². The summed E-state index contributed by atoms with van der Waals surface area (Å²) >= 11 is 0. The highest BCUT2D eigenvalue weighted by molar-refractivity contribution is 6.05. The molecule has 1 saturated heterocycles. The average Bonchev–Trinajstić information content (AvgIpc) is 3.29. The van der Waals surface area contributed by atoms with Gasteiger partial charge in [-0.05, 0) is 91.9 Å². The molecule has 0 saturated carbocycles. The van der Waals surface area contributed by atoms with E-state index >= 15 is 0 Å². The van der Waals surface area contributed by atoms with Crippen LogP contribution in [0.25, 0.3) is 10.9 Å². The van der Waals surface area contributed by atoms with Crippen LogP contribution in [0.3, 0.4) is 0 Å². The first kappa shape index (κ1) is 21.4. The van der Waals surface area contributed by atoms with Gasteiger partial charge in [-0.1, -0.05) is 36.4 Å². The summed E-state index contributed by atoms with van der Waals surface area (Å²) in [6.07, 6.45) is 3.41. The summed E-state index contributed by atoms with van der Waals surface area (Å²) in [4.78, 5) is 18.4.